The second-order valence-electron chi connectivity index (χ2n) is 6.44. The molecule has 0 spiro atoms. The molecule has 0 saturated heterocycles. The fourth-order valence-electron chi connectivity index (χ4n) is 2.89. The van der Waals surface area contributed by atoms with Crippen molar-refractivity contribution in [2.24, 2.45) is 11.7 Å². The summed E-state index contributed by atoms with van der Waals surface area (Å²) >= 11 is 0. The summed E-state index contributed by atoms with van der Waals surface area (Å²) in [6.45, 7) is 6.56. The lowest BCUT2D eigenvalue weighted by molar-refractivity contribution is 0.0985. The fourth-order valence-corrected chi connectivity index (χ4v) is 2.89. The van der Waals surface area contributed by atoms with Gasteiger partial charge >= 0.3 is 0 Å². The van der Waals surface area contributed by atoms with E-state index in [0.29, 0.717) is 12.1 Å². The molecule has 0 aromatic heterocycles. The van der Waals surface area contributed by atoms with Gasteiger partial charge in [-0.15, -0.1) is 0 Å². The SMILES string of the molecule is CC1CCC(N(C)C(C)CC(C)(N)CO)CC1. The maximum Gasteiger partial charge on any atom is 0.0609 e. The maximum atomic E-state index is 9.23. The zero-order valence-corrected chi connectivity index (χ0v) is 11.9. The fraction of sp³-hybridized carbons (Fsp3) is 1.00. The van der Waals surface area contributed by atoms with Crippen LogP contribution in [0.4, 0.5) is 0 Å². The highest BCUT2D eigenvalue weighted by molar-refractivity contribution is 4.86. The Bertz CT molecular complexity index is 222. The Labute approximate surface area is 106 Å². The third kappa shape index (κ3) is 4.57. The van der Waals surface area contributed by atoms with Gasteiger partial charge in [-0.25, -0.2) is 0 Å². The molecule has 1 fully saturated rings. The number of aliphatic hydroxyl groups excluding tert-OH is 1. The minimum absolute atomic E-state index is 0.0624. The van der Waals surface area contributed by atoms with Gasteiger partial charge in [-0.1, -0.05) is 6.92 Å². The standard InChI is InChI=1S/C14H30N2O/c1-11-5-7-13(8-6-11)16(4)12(2)9-14(3,15)10-17/h11-13,17H,5-10,15H2,1-4H3. The van der Waals surface area contributed by atoms with Crippen molar-refractivity contribution in [2.75, 3.05) is 13.7 Å². The third-order valence-electron chi connectivity index (χ3n) is 4.38. The number of aliphatic hydroxyl groups is 1. The van der Waals surface area contributed by atoms with E-state index in [2.05, 4.69) is 25.8 Å². The Balaban J connectivity index is 2.43. The van der Waals surface area contributed by atoms with Crippen molar-refractivity contribution in [3.8, 4) is 0 Å². The molecule has 2 unspecified atom stereocenters. The number of nitrogens with two attached hydrogens (primary N) is 1. The highest BCUT2D eigenvalue weighted by atomic mass is 16.3. The summed E-state index contributed by atoms with van der Waals surface area (Å²) in [6.07, 6.45) is 6.17. The summed E-state index contributed by atoms with van der Waals surface area (Å²) in [6, 6.07) is 1.14. The van der Waals surface area contributed by atoms with Crippen molar-refractivity contribution in [2.45, 2.75) is 70.5 Å². The first-order valence-corrected chi connectivity index (χ1v) is 6.97. The van der Waals surface area contributed by atoms with Gasteiger partial charge in [0.15, 0.2) is 0 Å². The average Bonchev–Trinajstić information content (AvgIpc) is 2.28. The van der Waals surface area contributed by atoms with E-state index < -0.39 is 5.54 Å². The second-order valence-corrected chi connectivity index (χ2v) is 6.44. The van der Waals surface area contributed by atoms with Gasteiger partial charge in [-0.05, 0) is 58.9 Å². The number of rotatable bonds is 5. The molecule has 0 aliphatic heterocycles. The largest absolute Gasteiger partial charge is 0.394 e. The van der Waals surface area contributed by atoms with E-state index in [9.17, 15) is 5.11 Å². The lowest BCUT2D eigenvalue weighted by Crippen LogP contribution is -2.49. The normalized spacial score (nSPS) is 31.2. The number of nitrogens with zero attached hydrogens (tertiary/aromatic N) is 1. The maximum absolute atomic E-state index is 9.23. The zero-order valence-electron chi connectivity index (χ0n) is 11.9. The minimum atomic E-state index is -0.449. The molecule has 3 heteroatoms. The molecule has 1 aliphatic rings. The van der Waals surface area contributed by atoms with Gasteiger partial charge < -0.3 is 15.7 Å². The van der Waals surface area contributed by atoms with Crippen molar-refractivity contribution in [3.63, 3.8) is 0 Å². The summed E-state index contributed by atoms with van der Waals surface area (Å²) in [5, 5.41) is 9.23. The van der Waals surface area contributed by atoms with Crippen LogP contribution in [0.3, 0.4) is 0 Å². The van der Waals surface area contributed by atoms with Crippen molar-refractivity contribution < 1.29 is 5.11 Å². The van der Waals surface area contributed by atoms with Gasteiger partial charge in [0.25, 0.3) is 0 Å². The molecule has 102 valence electrons. The van der Waals surface area contributed by atoms with Gasteiger partial charge in [-0.2, -0.15) is 0 Å². The summed E-state index contributed by atoms with van der Waals surface area (Å²) in [4.78, 5) is 2.46. The van der Waals surface area contributed by atoms with Crippen LogP contribution < -0.4 is 5.73 Å². The lowest BCUT2D eigenvalue weighted by atomic mass is 9.85. The van der Waals surface area contributed by atoms with Crippen molar-refractivity contribution >= 4 is 0 Å². The smallest absolute Gasteiger partial charge is 0.0609 e. The molecular weight excluding hydrogens is 212 g/mol. The van der Waals surface area contributed by atoms with Crippen molar-refractivity contribution in [1.82, 2.24) is 4.90 Å². The topological polar surface area (TPSA) is 49.5 Å². The minimum Gasteiger partial charge on any atom is -0.394 e. The molecule has 0 heterocycles. The van der Waals surface area contributed by atoms with Crippen molar-refractivity contribution in [1.29, 1.82) is 0 Å². The van der Waals surface area contributed by atoms with Crippen LogP contribution >= 0.6 is 0 Å². The summed E-state index contributed by atoms with van der Waals surface area (Å²) in [5.74, 6) is 0.896. The summed E-state index contributed by atoms with van der Waals surface area (Å²) in [7, 11) is 2.21. The number of hydrogen-bond donors (Lipinski definition) is 2. The van der Waals surface area contributed by atoms with Gasteiger partial charge in [-0.3, -0.25) is 0 Å². The van der Waals surface area contributed by atoms with Crippen LogP contribution in [0.1, 0.15) is 52.9 Å². The van der Waals surface area contributed by atoms with Gasteiger partial charge in [0.2, 0.25) is 0 Å². The Morgan fingerprint density at radius 3 is 2.35 bits per heavy atom. The Hall–Kier alpha value is -0.120. The molecule has 0 amide bonds. The first-order valence-electron chi connectivity index (χ1n) is 6.97. The molecule has 0 aromatic carbocycles. The molecule has 1 saturated carbocycles. The summed E-state index contributed by atoms with van der Waals surface area (Å²) < 4.78 is 0. The van der Waals surface area contributed by atoms with E-state index in [1.807, 2.05) is 6.92 Å². The third-order valence-corrected chi connectivity index (χ3v) is 4.38. The zero-order chi connectivity index (χ0) is 13.1. The van der Waals surface area contributed by atoms with Gasteiger partial charge in [0.05, 0.1) is 6.61 Å². The van der Waals surface area contributed by atoms with Crippen LogP contribution in [-0.4, -0.2) is 41.3 Å². The van der Waals surface area contributed by atoms with E-state index in [-0.39, 0.29) is 6.61 Å². The first-order chi connectivity index (χ1) is 7.85. The van der Waals surface area contributed by atoms with E-state index >= 15 is 0 Å². The Morgan fingerprint density at radius 2 is 1.88 bits per heavy atom. The lowest BCUT2D eigenvalue weighted by Gasteiger charge is -2.39. The van der Waals surface area contributed by atoms with Crippen LogP contribution in [0, 0.1) is 5.92 Å². The van der Waals surface area contributed by atoms with E-state index in [4.69, 9.17) is 5.73 Å². The molecular formula is C14H30N2O. The quantitative estimate of drug-likeness (QED) is 0.775. The van der Waals surface area contributed by atoms with Crippen LogP contribution in [0.2, 0.25) is 0 Å². The molecule has 3 N–H and O–H groups in total. The molecule has 0 radical (unpaired) electrons. The molecule has 17 heavy (non-hydrogen) atoms. The van der Waals surface area contributed by atoms with Crippen LogP contribution in [0.25, 0.3) is 0 Å². The molecule has 0 bridgehead atoms. The predicted molar refractivity (Wildman–Crippen MR) is 72.9 cm³/mol. The molecule has 0 aromatic rings. The van der Waals surface area contributed by atoms with E-state index in [0.717, 1.165) is 12.3 Å². The Morgan fingerprint density at radius 1 is 1.35 bits per heavy atom. The Kier molecular flexibility index (Phi) is 5.42. The van der Waals surface area contributed by atoms with Gasteiger partial charge in [0.1, 0.15) is 0 Å². The molecule has 2 atom stereocenters. The molecule has 3 nitrogen and oxygen atoms in total. The highest BCUT2D eigenvalue weighted by Crippen LogP contribution is 2.28. The predicted octanol–water partition coefficient (Wildman–Crippen LogP) is 1.99. The van der Waals surface area contributed by atoms with E-state index in [1.165, 1.54) is 25.7 Å². The van der Waals surface area contributed by atoms with E-state index in [1.54, 1.807) is 0 Å². The first kappa shape index (κ1) is 14.9. The highest BCUT2D eigenvalue weighted by Gasteiger charge is 2.28. The monoisotopic (exact) mass is 242 g/mol. The second kappa shape index (κ2) is 6.17. The van der Waals surface area contributed by atoms with Crippen LogP contribution in [0.5, 0.6) is 0 Å². The number of hydrogen-bond acceptors (Lipinski definition) is 3. The summed E-state index contributed by atoms with van der Waals surface area (Å²) in [5.41, 5.74) is 5.58. The average molecular weight is 242 g/mol. The molecule has 1 aliphatic carbocycles. The van der Waals surface area contributed by atoms with Crippen LogP contribution in [-0.2, 0) is 0 Å². The molecule has 1 rings (SSSR count). The van der Waals surface area contributed by atoms with Gasteiger partial charge in [0, 0.05) is 17.6 Å². The van der Waals surface area contributed by atoms with Crippen LogP contribution in [0.15, 0.2) is 0 Å². The van der Waals surface area contributed by atoms with Crippen molar-refractivity contribution in [3.05, 3.63) is 0 Å².